The van der Waals surface area contributed by atoms with E-state index in [0.29, 0.717) is 39.0 Å². The zero-order chi connectivity index (χ0) is 22.1. The van der Waals surface area contributed by atoms with Gasteiger partial charge in [0.1, 0.15) is 11.3 Å². The number of thiazole rings is 1. The molecule has 158 valence electrons. The molecule has 2 heterocycles. The molecule has 1 amide bonds. The minimum atomic E-state index is -0.185. The number of fused-ring (bicyclic) bond motifs is 2. The first-order valence-corrected chi connectivity index (χ1v) is 11.0. The van der Waals surface area contributed by atoms with Crippen LogP contribution in [0.2, 0.25) is 5.02 Å². The molecular weight excluding hydrogens is 444 g/mol. The average molecular weight is 461 g/mol. The van der Waals surface area contributed by atoms with Crippen LogP contribution in [-0.2, 0) is 6.54 Å². The van der Waals surface area contributed by atoms with Crippen molar-refractivity contribution >= 4 is 55.2 Å². The topological polar surface area (TPSA) is 68.2 Å². The molecule has 0 saturated heterocycles. The van der Waals surface area contributed by atoms with Crippen LogP contribution in [0.4, 0.5) is 5.13 Å². The van der Waals surface area contributed by atoms with E-state index in [1.54, 1.807) is 54.7 Å². The highest BCUT2D eigenvalue weighted by atomic mass is 35.5. The summed E-state index contributed by atoms with van der Waals surface area (Å²) in [6, 6.07) is 18.7. The third-order valence-electron chi connectivity index (χ3n) is 5.04. The molecule has 0 spiro atoms. The number of carbonyl (C=O) groups is 1. The molecule has 8 heteroatoms. The van der Waals surface area contributed by atoms with Crippen molar-refractivity contribution in [1.29, 1.82) is 0 Å². The van der Waals surface area contributed by atoms with Crippen molar-refractivity contribution in [2.75, 3.05) is 12.0 Å². The number of aromatic nitrogens is 3. The van der Waals surface area contributed by atoms with Crippen LogP contribution in [0.1, 0.15) is 15.9 Å². The standard InChI is InChI=1S/C24H17ClN4O2S/c1-31-20-10-8-17(25)22-21(20)28-24(32-22)29(14-15-5-3-2-4-6-15)23(30)16-7-9-18-19(13-16)27-12-11-26-18/h2-13H,14H2,1H3. The number of nitrogens with zero attached hydrogens (tertiary/aromatic N) is 4. The number of rotatable bonds is 5. The number of hydrogen-bond donors (Lipinski definition) is 0. The van der Waals surface area contributed by atoms with E-state index >= 15 is 0 Å². The molecular formula is C24H17ClN4O2S. The van der Waals surface area contributed by atoms with E-state index in [0.717, 1.165) is 15.8 Å². The third kappa shape index (κ3) is 3.77. The van der Waals surface area contributed by atoms with Crippen LogP contribution in [0, 0.1) is 0 Å². The van der Waals surface area contributed by atoms with Crippen molar-refractivity contribution < 1.29 is 9.53 Å². The molecule has 0 N–H and O–H groups in total. The monoisotopic (exact) mass is 460 g/mol. The number of benzene rings is 3. The number of halogens is 1. The van der Waals surface area contributed by atoms with Crippen molar-refractivity contribution in [3.05, 3.63) is 89.2 Å². The molecule has 6 nitrogen and oxygen atoms in total. The SMILES string of the molecule is COc1ccc(Cl)c2sc(N(Cc3ccccc3)C(=O)c3ccc4nccnc4c3)nc12. The molecule has 0 fully saturated rings. The van der Waals surface area contributed by atoms with Gasteiger partial charge in [0.15, 0.2) is 5.13 Å². The summed E-state index contributed by atoms with van der Waals surface area (Å²) in [7, 11) is 1.59. The lowest BCUT2D eigenvalue weighted by Gasteiger charge is -2.20. The summed E-state index contributed by atoms with van der Waals surface area (Å²) in [5, 5.41) is 1.11. The second-order valence-corrected chi connectivity index (χ2v) is 8.45. The summed E-state index contributed by atoms with van der Waals surface area (Å²) in [5.74, 6) is 0.426. The number of hydrogen-bond acceptors (Lipinski definition) is 6. The zero-order valence-electron chi connectivity index (χ0n) is 17.0. The predicted octanol–water partition coefficient (Wildman–Crippen LogP) is 5.75. The average Bonchev–Trinajstić information content (AvgIpc) is 3.29. The Morgan fingerprint density at radius 3 is 2.59 bits per heavy atom. The van der Waals surface area contributed by atoms with Crippen molar-refractivity contribution in [1.82, 2.24) is 15.0 Å². The largest absolute Gasteiger partial charge is 0.494 e. The maximum atomic E-state index is 13.7. The van der Waals surface area contributed by atoms with Gasteiger partial charge in [-0.25, -0.2) is 4.98 Å². The lowest BCUT2D eigenvalue weighted by Crippen LogP contribution is -2.30. The number of carbonyl (C=O) groups excluding carboxylic acids is 1. The molecule has 0 saturated carbocycles. The fourth-order valence-electron chi connectivity index (χ4n) is 3.47. The van der Waals surface area contributed by atoms with Crippen molar-refractivity contribution in [3.8, 4) is 5.75 Å². The van der Waals surface area contributed by atoms with Crippen molar-refractivity contribution in [2.45, 2.75) is 6.54 Å². The van der Waals surface area contributed by atoms with Gasteiger partial charge in [0.05, 0.1) is 34.4 Å². The van der Waals surface area contributed by atoms with Gasteiger partial charge in [-0.1, -0.05) is 53.3 Å². The van der Waals surface area contributed by atoms with Crippen LogP contribution in [-0.4, -0.2) is 28.0 Å². The Morgan fingerprint density at radius 2 is 1.81 bits per heavy atom. The highest BCUT2D eigenvalue weighted by Crippen LogP contribution is 2.39. The molecule has 32 heavy (non-hydrogen) atoms. The van der Waals surface area contributed by atoms with E-state index in [-0.39, 0.29) is 5.91 Å². The number of anilines is 1. The number of methoxy groups -OCH3 is 1. The van der Waals surface area contributed by atoms with Gasteiger partial charge >= 0.3 is 0 Å². The van der Waals surface area contributed by atoms with E-state index in [4.69, 9.17) is 21.3 Å². The minimum absolute atomic E-state index is 0.185. The summed E-state index contributed by atoms with van der Waals surface area (Å²) in [4.78, 5) is 28.7. The summed E-state index contributed by atoms with van der Waals surface area (Å²) >= 11 is 7.78. The Kier molecular flexibility index (Phi) is 5.43. The first-order valence-electron chi connectivity index (χ1n) is 9.83. The molecule has 0 unspecified atom stereocenters. The van der Waals surface area contributed by atoms with Gasteiger partial charge < -0.3 is 4.74 Å². The van der Waals surface area contributed by atoms with Gasteiger partial charge in [-0.2, -0.15) is 0 Å². The zero-order valence-corrected chi connectivity index (χ0v) is 18.6. The van der Waals surface area contributed by atoms with E-state index in [2.05, 4.69) is 9.97 Å². The van der Waals surface area contributed by atoms with Crippen LogP contribution >= 0.6 is 22.9 Å². The van der Waals surface area contributed by atoms with Crippen LogP contribution in [0.25, 0.3) is 21.3 Å². The second kappa shape index (κ2) is 8.53. The highest BCUT2D eigenvalue weighted by Gasteiger charge is 2.24. The lowest BCUT2D eigenvalue weighted by molar-refractivity contribution is 0.0985. The summed E-state index contributed by atoms with van der Waals surface area (Å²) < 4.78 is 6.23. The fraction of sp³-hybridized carbons (Fsp3) is 0.0833. The quantitative estimate of drug-likeness (QED) is 0.334. The maximum absolute atomic E-state index is 13.7. The lowest BCUT2D eigenvalue weighted by atomic mass is 10.1. The minimum Gasteiger partial charge on any atom is -0.494 e. The van der Waals surface area contributed by atoms with E-state index in [9.17, 15) is 4.79 Å². The Labute approximate surface area is 193 Å². The normalized spacial score (nSPS) is 11.1. The molecule has 5 aromatic rings. The Bertz CT molecular complexity index is 1440. The Balaban J connectivity index is 1.62. The smallest absolute Gasteiger partial charge is 0.260 e. The maximum Gasteiger partial charge on any atom is 0.260 e. The predicted molar refractivity (Wildman–Crippen MR) is 128 cm³/mol. The van der Waals surface area contributed by atoms with Crippen LogP contribution < -0.4 is 9.64 Å². The highest BCUT2D eigenvalue weighted by molar-refractivity contribution is 7.23. The van der Waals surface area contributed by atoms with E-state index in [1.807, 2.05) is 30.3 Å². The first kappa shape index (κ1) is 20.4. The molecule has 0 bridgehead atoms. The second-order valence-electron chi connectivity index (χ2n) is 7.06. The fourth-order valence-corrected chi connectivity index (χ4v) is 4.72. The van der Waals surface area contributed by atoms with Crippen molar-refractivity contribution in [2.24, 2.45) is 0 Å². The van der Waals surface area contributed by atoms with Gasteiger partial charge in [-0.3, -0.25) is 19.7 Å². The molecule has 2 aromatic heterocycles. The van der Waals surface area contributed by atoms with Crippen molar-refractivity contribution in [3.63, 3.8) is 0 Å². The first-order chi connectivity index (χ1) is 15.6. The Hall–Kier alpha value is -3.55. The van der Waals surface area contributed by atoms with Crippen LogP contribution in [0.3, 0.4) is 0 Å². The molecule has 0 aliphatic rings. The molecule has 0 aliphatic carbocycles. The summed E-state index contributed by atoms with van der Waals surface area (Å²) in [6.07, 6.45) is 3.24. The van der Waals surface area contributed by atoms with Gasteiger partial charge in [-0.05, 0) is 35.9 Å². The van der Waals surface area contributed by atoms with E-state index in [1.165, 1.54) is 11.3 Å². The molecule has 3 aromatic carbocycles. The van der Waals surface area contributed by atoms with Gasteiger partial charge in [0.2, 0.25) is 0 Å². The molecule has 0 atom stereocenters. The molecule has 0 aliphatic heterocycles. The summed E-state index contributed by atoms with van der Waals surface area (Å²) in [6.45, 7) is 0.359. The number of amides is 1. The van der Waals surface area contributed by atoms with Crippen LogP contribution in [0.5, 0.6) is 5.75 Å². The van der Waals surface area contributed by atoms with Gasteiger partial charge in [0, 0.05) is 18.0 Å². The molecule has 0 radical (unpaired) electrons. The van der Waals surface area contributed by atoms with Gasteiger partial charge in [-0.15, -0.1) is 0 Å². The van der Waals surface area contributed by atoms with Gasteiger partial charge in [0.25, 0.3) is 5.91 Å². The van der Waals surface area contributed by atoms with Crippen LogP contribution in [0.15, 0.2) is 73.1 Å². The number of ether oxygens (including phenoxy) is 1. The third-order valence-corrected chi connectivity index (χ3v) is 6.58. The molecule has 5 rings (SSSR count). The summed E-state index contributed by atoms with van der Waals surface area (Å²) in [5.41, 5.74) is 3.52. The van der Waals surface area contributed by atoms with E-state index < -0.39 is 0 Å². The Morgan fingerprint density at radius 1 is 1.03 bits per heavy atom.